The molecule has 0 spiro atoms. The molecule has 2 aliphatic rings. The maximum absolute atomic E-state index is 5.97. The SMILES string of the molecule is CC(N)c1ccc2c(c1)CCN2CC1CN(C)CCO1. The first-order valence-electron chi connectivity index (χ1n) is 7.57. The van der Waals surface area contributed by atoms with Crippen molar-refractivity contribution in [3.63, 3.8) is 0 Å². The molecule has 1 aromatic rings. The summed E-state index contributed by atoms with van der Waals surface area (Å²) in [6.07, 6.45) is 1.45. The maximum Gasteiger partial charge on any atom is 0.0876 e. The monoisotopic (exact) mass is 275 g/mol. The lowest BCUT2D eigenvalue weighted by atomic mass is 10.0. The number of hydrogen-bond donors (Lipinski definition) is 1. The quantitative estimate of drug-likeness (QED) is 0.905. The van der Waals surface area contributed by atoms with Crippen LogP contribution < -0.4 is 10.6 Å². The van der Waals surface area contributed by atoms with E-state index in [9.17, 15) is 0 Å². The zero-order valence-corrected chi connectivity index (χ0v) is 12.5. The Hall–Kier alpha value is -1.10. The number of nitrogens with zero attached hydrogens (tertiary/aromatic N) is 2. The number of benzene rings is 1. The van der Waals surface area contributed by atoms with Crippen molar-refractivity contribution in [2.24, 2.45) is 5.73 Å². The van der Waals surface area contributed by atoms with Crippen LogP contribution in [-0.4, -0.2) is 50.8 Å². The molecule has 4 heteroatoms. The predicted octanol–water partition coefficient (Wildman–Crippen LogP) is 1.40. The summed E-state index contributed by atoms with van der Waals surface area (Å²) >= 11 is 0. The van der Waals surface area contributed by atoms with Crippen LogP contribution in [0.15, 0.2) is 18.2 Å². The molecule has 2 atom stereocenters. The van der Waals surface area contributed by atoms with Gasteiger partial charge in [-0.3, -0.25) is 0 Å². The highest BCUT2D eigenvalue weighted by atomic mass is 16.5. The van der Waals surface area contributed by atoms with Gasteiger partial charge in [0.2, 0.25) is 0 Å². The van der Waals surface area contributed by atoms with E-state index in [2.05, 4.69) is 35.0 Å². The highest BCUT2D eigenvalue weighted by molar-refractivity contribution is 5.59. The molecular weight excluding hydrogens is 250 g/mol. The second-order valence-corrected chi connectivity index (χ2v) is 6.13. The first-order valence-corrected chi connectivity index (χ1v) is 7.57. The Balaban J connectivity index is 1.69. The number of anilines is 1. The van der Waals surface area contributed by atoms with Crippen molar-refractivity contribution < 1.29 is 4.74 Å². The third-order valence-electron chi connectivity index (χ3n) is 4.39. The molecular formula is C16H25N3O. The molecule has 20 heavy (non-hydrogen) atoms. The normalized spacial score (nSPS) is 24.8. The van der Waals surface area contributed by atoms with Crippen molar-refractivity contribution >= 4 is 5.69 Å². The van der Waals surface area contributed by atoms with Crippen molar-refractivity contribution in [2.45, 2.75) is 25.5 Å². The first-order chi connectivity index (χ1) is 9.63. The fraction of sp³-hybridized carbons (Fsp3) is 0.625. The Morgan fingerprint density at radius 2 is 2.25 bits per heavy atom. The number of hydrogen-bond acceptors (Lipinski definition) is 4. The van der Waals surface area contributed by atoms with Gasteiger partial charge in [-0.1, -0.05) is 12.1 Å². The van der Waals surface area contributed by atoms with Crippen LogP contribution in [0.2, 0.25) is 0 Å². The van der Waals surface area contributed by atoms with Gasteiger partial charge in [-0.05, 0) is 37.6 Å². The predicted molar refractivity (Wildman–Crippen MR) is 82.2 cm³/mol. The van der Waals surface area contributed by atoms with E-state index in [4.69, 9.17) is 10.5 Å². The Morgan fingerprint density at radius 3 is 3.00 bits per heavy atom. The van der Waals surface area contributed by atoms with Crippen LogP contribution in [0.3, 0.4) is 0 Å². The third kappa shape index (κ3) is 2.82. The molecule has 3 rings (SSSR count). The standard InChI is InChI=1S/C16H25N3O/c1-12(17)13-3-4-16-14(9-13)5-6-19(16)11-15-10-18(2)7-8-20-15/h3-4,9,12,15H,5-8,10-11,17H2,1-2H3. The summed E-state index contributed by atoms with van der Waals surface area (Å²) in [5.74, 6) is 0. The van der Waals surface area contributed by atoms with Crippen LogP contribution in [0.4, 0.5) is 5.69 Å². The Kier molecular flexibility index (Phi) is 3.96. The smallest absolute Gasteiger partial charge is 0.0876 e. The molecule has 1 saturated heterocycles. The van der Waals surface area contributed by atoms with Gasteiger partial charge >= 0.3 is 0 Å². The van der Waals surface area contributed by atoms with Crippen molar-refractivity contribution in [3.8, 4) is 0 Å². The van der Waals surface area contributed by atoms with Crippen LogP contribution >= 0.6 is 0 Å². The van der Waals surface area contributed by atoms with Crippen molar-refractivity contribution in [3.05, 3.63) is 29.3 Å². The molecule has 0 radical (unpaired) electrons. The minimum atomic E-state index is 0.115. The summed E-state index contributed by atoms with van der Waals surface area (Å²) in [6, 6.07) is 6.78. The summed E-state index contributed by atoms with van der Waals surface area (Å²) in [5.41, 5.74) is 10.0. The average Bonchev–Trinajstić information content (AvgIpc) is 2.81. The topological polar surface area (TPSA) is 41.7 Å². The van der Waals surface area contributed by atoms with Crippen LogP contribution in [0, 0.1) is 0 Å². The van der Waals surface area contributed by atoms with Crippen LogP contribution in [0.5, 0.6) is 0 Å². The second kappa shape index (κ2) is 5.72. The number of likely N-dealkylation sites (N-methyl/N-ethyl adjacent to an activating group) is 1. The summed E-state index contributed by atoms with van der Waals surface area (Å²) in [4.78, 5) is 4.81. The van der Waals surface area contributed by atoms with Gasteiger partial charge < -0.3 is 20.3 Å². The highest BCUT2D eigenvalue weighted by Gasteiger charge is 2.25. The molecule has 0 bridgehead atoms. The number of rotatable bonds is 3. The van der Waals surface area contributed by atoms with Gasteiger partial charge in [0.1, 0.15) is 0 Å². The summed E-state index contributed by atoms with van der Waals surface area (Å²) in [6.45, 7) is 7.07. The number of morpholine rings is 1. The van der Waals surface area contributed by atoms with Gasteiger partial charge in [0, 0.05) is 37.9 Å². The molecule has 4 nitrogen and oxygen atoms in total. The van der Waals surface area contributed by atoms with E-state index >= 15 is 0 Å². The van der Waals surface area contributed by atoms with Crippen LogP contribution in [-0.2, 0) is 11.2 Å². The average molecular weight is 275 g/mol. The molecule has 2 unspecified atom stereocenters. The van der Waals surface area contributed by atoms with Gasteiger partial charge in [-0.25, -0.2) is 0 Å². The van der Waals surface area contributed by atoms with E-state index < -0.39 is 0 Å². The lowest BCUT2D eigenvalue weighted by Gasteiger charge is -2.33. The molecule has 1 fully saturated rings. The first kappa shape index (κ1) is 13.9. The molecule has 1 aromatic carbocycles. The van der Waals surface area contributed by atoms with Gasteiger partial charge in [0.25, 0.3) is 0 Å². The lowest BCUT2D eigenvalue weighted by molar-refractivity contribution is -0.0146. The molecule has 0 aromatic heterocycles. The van der Waals surface area contributed by atoms with E-state index in [1.807, 2.05) is 6.92 Å². The van der Waals surface area contributed by atoms with E-state index in [1.54, 1.807) is 0 Å². The Labute approximate surface area is 121 Å². The van der Waals surface area contributed by atoms with Gasteiger partial charge in [0.15, 0.2) is 0 Å². The summed E-state index contributed by atoms with van der Waals surface area (Å²) in [5, 5.41) is 0. The van der Waals surface area contributed by atoms with E-state index in [1.165, 1.54) is 16.8 Å². The van der Waals surface area contributed by atoms with Crippen molar-refractivity contribution in [1.82, 2.24) is 4.90 Å². The summed E-state index contributed by atoms with van der Waals surface area (Å²) in [7, 11) is 2.17. The molecule has 110 valence electrons. The fourth-order valence-electron chi connectivity index (χ4n) is 3.19. The van der Waals surface area contributed by atoms with Crippen LogP contribution in [0.1, 0.15) is 24.1 Å². The molecule has 2 N–H and O–H groups in total. The zero-order chi connectivity index (χ0) is 14.1. The van der Waals surface area contributed by atoms with Gasteiger partial charge in [0.05, 0.1) is 12.7 Å². The van der Waals surface area contributed by atoms with Gasteiger partial charge in [-0.15, -0.1) is 0 Å². The van der Waals surface area contributed by atoms with Gasteiger partial charge in [-0.2, -0.15) is 0 Å². The third-order valence-corrected chi connectivity index (χ3v) is 4.39. The zero-order valence-electron chi connectivity index (χ0n) is 12.5. The number of ether oxygens (including phenoxy) is 1. The van der Waals surface area contributed by atoms with Crippen molar-refractivity contribution in [1.29, 1.82) is 0 Å². The van der Waals surface area contributed by atoms with E-state index in [0.29, 0.717) is 6.10 Å². The minimum absolute atomic E-state index is 0.115. The maximum atomic E-state index is 5.97. The van der Waals surface area contributed by atoms with Crippen LogP contribution in [0.25, 0.3) is 0 Å². The second-order valence-electron chi connectivity index (χ2n) is 6.13. The molecule has 0 aliphatic carbocycles. The lowest BCUT2D eigenvalue weighted by Crippen LogP contribution is -2.45. The van der Waals surface area contributed by atoms with E-state index in [0.717, 1.165) is 39.2 Å². The highest BCUT2D eigenvalue weighted by Crippen LogP contribution is 2.30. The Morgan fingerprint density at radius 1 is 1.40 bits per heavy atom. The number of nitrogens with two attached hydrogens (primary N) is 1. The molecule has 0 saturated carbocycles. The molecule has 2 heterocycles. The van der Waals surface area contributed by atoms with E-state index in [-0.39, 0.29) is 6.04 Å². The minimum Gasteiger partial charge on any atom is -0.374 e. The number of fused-ring (bicyclic) bond motifs is 1. The molecule has 2 aliphatic heterocycles. The largest absolute Gasteiger partial charge is 0.374 e. The summed E-state index contributed by atoms with van der Waals surface area (Å²) < 4.78 is 5.88. The fourth-order valence-corrected chi connectivity index (χ4v) is 3.19. The van der Waals surface area contributed by atoms with Crippen molar-refractivity contribution in [2.75, 3.05) is 44.7 Å². The molecule has 0 amide bonds. The Bertz CT molecular complexity index is 475.